The lowest BCUT2D eigenvalue weighted by Gasteiger charge is -2.26. The molecular weight excluding hydrogens is 310 g/mol. The highest BCUT2D eigenvalue weighted by Gasteiger charge is 2.18. The summed E-state index contributed by atoms with van der Waals surface area (Å²) in [6, 6.07) is 19.4. The Balaban J connectivity index is 1.39. The van der Waals surface area contributed by atoms with E-state index in [0.29, 0.717) is 6.04 Å². The highest BCUT2D eigenvalue weighted by Crippen LogP contribution is 2.19. The van der Waals surface area contributed by atoms with E-state index >= 15 is 0 Å². The van der Waals surface area contributed by atoms with Gasteiger partial charge in [0.1, 0.15) is 5.75 Å². The Labute approximate surface area is 151 Å². The number of aliphatic hydroxyl groups excluding tert-OH is 1. The lowest BCUT2D eigenvalue weighted by Crippen LogP contribution is -2.34. The predicted octanol–water partition coefficient (Wildman–Crippen LogP) is 4.09. The summed E-state index contributed by atoms with van der Waals surface area (Å²) in [6.07, 6.45) is 5.95. The third-order valence-electron chi connectivity index (χ3n) is 4.91. The first-order valence-electron chi connectivity index (χ1n) is 9.47. The minimum absolute atomic E-state index is 0.0920. The van der Waals surface area contributed by atoms with Gasteiger partial charge in [-0.15, -0.1) is 0 Å². The number of benzene rings is 2. The zero-order valence-corrected chi connectivity index (χ0v) is 14.9. The van der Waals surface area contributed by atoms with Crippen LogP contribution in [0.5, 0.6) is 5.75 Å². The first-order valence-corrected chi connectivity index (χ1v) is 9.47. The highest BCUT2D eigenvalue weighted by atomic mass is 16.5. The first kappa shape index (κ1) is 18.0. The molecule has 2 aromatic rings. The van der Waals surface area contributed by atoms with Crippen molar-refractivity contribution in [3.05, 3.63) is 65.7 Å². The largest absolute Gasteiger partial charge is 0.494 e. The summed E-state index contributed by atoms with van der Waals surface area (Å²) in [6.45, 7) is 1.61. The molecule has 0 saturated heterocycles. The van der Waals surface area contributed by atoms with Crippen molar-refractivity contribution in [2.24, 2.45) is 0 Å². The number of hydrogen-bond donors (Lipinski definition) is 2. The van der Waals surface area contributed by atoms with Gasteiger partial charge >= 0.3 is 0 Å². The molecule has 25 heavy (non-hydrogen) atoms. The molecule has 0 amide bonds. The van der Waals surface area contributed by atoms with E-state index in [0.717, 1.165) is 57.4 Å². The van der Waals surface area contributed by atoms with Crippen molar-refractivity contribution in [3.8, 4) is 5.75 Å². The summed E-state index contributed by atoms with van der Waals surface area (Å²) >= 11 is 0. The standard InChI is InChI=1S/C22H29NO2/c24-21-13-11-20(12-14-21)23-17-19-8-4-10-22(16-19)25-15-5-9-18-6-2-1-3-7-18/h1-4,6-8,10,16,20-21,23-24H,5,9,11-15,17H2. The Morgan fingerprint density at radius 3 is 2.48 bits per heavy atom. The fraction of sp³-hybridized carbons (Fsp3) is 0.455. The van der Waals surface area contributed by atoms with Gasteiger partial charge in [-0.1, -0.05) is 42.5 Å². The van der Waals surface area contributed by atoms with E-state index in [2.05, 4.69) is 53.8 Å². The molecule has 0 radical (unpaired) electrons. The SMILES string of the molecule is OC1CCC(NCc2cccc(OCCCc3ccccc3)c2)CC1. The maximum absolute atomic E-state index is 9.58. The molecule has 0 atom stereocenters. The molecule has 1 fully saturated rings. The molecule has 0 bridgehead atoms. The molecule has 0 aromatic heterocycles. The van der Waals surface area contributed by atoms with Crippen LogP contribution in [0.25, 0.3) is 0 Å². The number of nitrogens with one attached hydrogen (secondary N) is 1. The number of aliphatic hydroxyl groups is 1. The van der Waals surface area contributed by atoms with Gasteiger partial charge in [-0.2, -0.15) is 0 Å². The van der Waals surface area contributed by atoms with Gasteiger partial charge in [-0.25, -0.2) is 0 Å². The van der Waals surface area contributed by atoms with Gasteiger partial charge in [-0.3, -0.25) is 0 Å². The predicted molar refractivity (Wildman–Crippen MR) is 102 cm³/mol. The molecule has 0 aliphatic heterocycles. The number of ether oxygens (including phenoxy) is 1. The summed E-state index contributed by atoms with van der Waals surface area (Å²) < 4.78 is 5.91. The van der Waals surface area contributed by atoms with Crippen molar-refractivity contribution in [2.45, 2.75) is 57.2 Å². The second kappa shape index (κ2) is 9.59. The molecule has 0 heterocycles. The average molecular weight is 339 g/mol. The molecule has 1 saturated carbocycles. The van der Waals surface area contributed by atoms with Crippen LogP contribution in [-0.4, -0.2) is 23.9 Å². The summed E-state index contributed by atoms with van der Waals surface area (Å²) in [5.41, 5.74) is 2.62. The van der Waals surface area contributed by atoms with E-state index in [1.54, 1.807) is 0 Å². The van der Waals surface area contributed by atoms with Crippen molar-refractivity contribution >= 4 is 0 Å². The fourth-order valence-electron chi connectivity index (χ4n) is 3.40. The normalized spacial score (nSPS) is 20.4. The van der Waals surface area contributed by atoms with Crippen LogP contribution < -0.4 is 10.1 Å². The molecule has 3 heteroatoms. The van der Waals surface area contributed by atoms with Crippen LogP contribution in [0.15, 0.2) is 54.6 Å². The third kappa shape index (κ3) is 6.18. The quantitative estimate of drug-likeness (QED) is 0.712. The summed E-state index contributed by atoms with van der Waals surface area (Å²) in [4.78, 5) is 0. The van der Waals surface area contributed by atoms with E-state index in [-0.39, 0.29) is 6.10 Å². The highest BCUT2D eigenvalue weighted by molar-refractivity contribution is 5.28. The van der Waals surface area contributed by atoms with Crippen LogP contribution >= 0.6 is 0 Å². The van der Waals surface area contributed by atoms with Crippen molar-refractivity contribution in [3.63, 3.8) is 0 Å². The molecular formula is C22H29NO2. The van der Waals surface area contributed by atoms with Crippen molar-refractivity contribution < 1.29 is 9.84 Å². The minimum Gasteiger partial charge on any atom is -0.494 e. The van der Waals surface area contributed by atoms with Gasteiger partial charge < -0.3 is 15.2 Å². The summed E-state index contributed by atoms with van der Waals surface area (Å²) in [5.74, 6) is 0.950. The van der Waals surface area contributed by atoms with Gasteiger partial charge in [0.2, 0.25) is 0 Å². The Bertz CT molecular complexity index is 621. The Kier molecular flexibility index (Phi) is 6.89. The second-order valence-electron chi connectivity index (χ2n) is 6.97. The number of hydrogen-bond acceptors (Lipinski definition) is 3. The van der Waals surface area contributed by atoms with Gasteiger partial charge in [0.25, 0.3) is 0 Å². The van der Waals surface area contributed by atoms with Gasteiger partial charge in [0.15, 0.2) is 0 Å². The van der Waals surface area contributed by atoms with Crippen LogP contribution in [0.1, 0.15) is 43.2 Å². The average Bonchev–Trinajstić information content (AvgIpc) is 2.66. The molecule has 2 aromatic carbocycles. The minimum atomic E-state index is -0.0920. The summed E-state index contributed by atoms with van der Waals surface area (Å²) in [5, 5.41) is 13.2. The van der Waals surface area contributed by atoms with Crippen molar-refractivity contribution in [2.75, 3.05) is 6.61 Å². The molecule has 1 aliphatic rings. The topological polar surface area (TPSA) is 41.5 Å². The lowest BCUT2D eigenvalue weighted by molar-refractivity contribution is 0.116. The van der Waals surface area contributed by atoms with E-state index in [1.807, 2.05) is 6.07 Å². The molecule has 134 valence electrons. The number of aryl methyl sites for hydroxylation is 1. The zero-order chi connectivity index (χ0) is 17.3. The number of rotatable bonds is 8. The van der Waals surface area contributed by atoms with E-state index in [4.69, 9.17) is 4.74 Å². The molecule has 3 nitrogen and oxygen atoms in total. The van der Waals surface area contributed by atoms with Gasteiger partial charge in [-0.05, 0) is 61.8 Å². The molecule has 0 spiro atoms. The molecule has 1 aliphatic carbocycles. The van der Waals surface area contributed by atoms with Crippen LogP contribution in [0, 0.1) is 0 Å². The lowest BCUT2D eigenvalue weighted by atomic mass is 9.93. The third-order valence-corrected chi connectivity index (χ3v) is 4.91. The Morgan fingerprint density at radius 2 is 1.68 bits per heavy atom. The maximum atomic E-state index is 9.58. The second-order valence-corrected chi connectivity index (χ2v) is 6.97. The van der Waals surface area contributed by atoms with Crippen LogP contribution in [0.3, 0.4) is 0 Å². The summed E-state index contributed by atoms with van der Waals surface area (Å²) in [7, 11) is 0. The Hall–Kier alpha value is -1.84. The van der Waals surface area contributed by atoms with Crippen molar-refractivity contribution in [1.82, 2.24) is 5.32 Å². The van der Waals surface area contributed by atoms with E-state index < -0.39 is 0 Å². The smallest absolute Gasteiger partial charge is 0.119 e. The molecule has 2 N–H and O–H groups in total. The van der Waals surface area contributed by atoms with Crippen molar-refractivity contribution in [1.29, 1.82) is 0 Å². The molecule has 0 unspecified atom stereocenters. The fourth-order valence-corrected chi connectivity index (χ4v) is 3.40. The van der Waals surface area contributed by atoms with Crippen LogP contribution in [0.4, 0.5) is 0 Å². The van der Waals surface area contributed by atoms with Crippen LogP contribution in [0.2, 0.25) is 0 Å². The Morgan fingerprint density at radius 1 is 0.920 bits per heavy atom. The first-order chi connectivity index (χ1) is 12.3. The maximum Gasteiger partial charge on any atom is 0.119 e. The van der Waals surface area contributed by atoms with E-state index in [9.17, 15) is 5.11 Å². The van der Waals surface area contributed by atoms with E-state index in [1.165, 1.54) is 11.1 Å². The molecule has 3 rings (SSSR count). The monoisotopic (exact) mass is 339 g/mol. The zero-order valence-electron chi connectivity index (χ0n) is 14.9. The van der Waals surface area contributed by atoms with Gasteiger partial charge in [0, 0.05) is 12.6 Å². The van der Waals surface area contributed by atoms with Gasteiger partial charge in [0.05, 0.1) is 12.7 Å². The van der Waals surface area contributed by atoms with Crippen LogP contribution in [-0.2, 0) is 13.0 Å².